The number of nitrogens with one attached hydrogen (secondary N) is 3. The van der Waals surface area contributed by atoms with Crippen LogP contribution >= 0.6 is 0 Å². The van der Waals surface area contributed by atoms with Crippen molar-refractivity contribution in [2.24, 2.45) is 28.6 Å². The van der Waals surface area contributed by atoms with Crippen molar-refractivity contribution in [3.8, 4) is 0 Å². The van der Waals surface area contributed by atoms with Gasteiger partial charge in [0.25, 0.3) is 0 Å². The van der Waals surface area contributed by atoms with Gasteiger partial charge >= 0.3 is 0 Å². The minimum absolute atomic E-state index is 0.0875. The molecule has 1 heterocycles. The maximum absolute atomic E-state index is 4.97. The fraction of sp³-hybridized carbons (Fsp3) is 0.897. The molecule has 1 aromatic heterocycles. The topological polar surface area (TPSA) is 74.8 Å². The largest absolute Gasteiger partial charge is 0.349 e. The molecular formula is C29H52N6. The van der Waals surface area contributed by atoms with E-state index in [1.54, 1.807) is 0 Å². The zero-order valence-electron chi connectivity index (χ0n) is 24.2. The van der Waals surface area contributed by atoms with Crippen molar-refractivity contribution in [2.45, 2.75) is 137 Å². The van der Waals surface area contributed by atoms with Crippen molar-refractivity contribution in [3.05, 3.63) is 0 Å². The molecule has 198 valence electrons. The first-order valence-corrected chi connectivity index (χ1v) is 14.2. The molecule has 3 N–H and O–H groups in total. The summed E-state index contributed by atoms with van der Waals surface area (Å²) in [7, 11) is 0. The van der Waals surface area contributed by atoms with Crippen LogP contribution in [0.1, 0.15) is 121 Å². The fourth-order valence-corrected chi connectivity index (χ4v) is 6.83. The standard InChI is InChI=1S/C29H52N6/c1-11-25(3,4)27(7,8)33-22-30-23(34-28(9,10)26(5,6)12-2)32-24(31-22)35-29-16-19-13-20(17-29)15-21(14-19)18-29/h19-21H,11-18H2,1-10H3,(H3,30,31,32,33,34,35). The molecule has 0 aromatic carbocycles. The van der Waals surface area contributed by atoms with Gasteiger partial charge in [0.2, 0.25) is 17.8 Å². The van der Waals surface area contributed by atoms with Crippen molar-refractivity contribution >= 4 is 17.8 Å². The summed E-state index contributed by atoms with van der Waals surface area (Å²) >= 11 is 0. The Morgan fingerprint density at radius 2 is 0.971 bits per heavy atom. The number of hydrogen-bond donors (Lipinski definition) is 3. The molecule has 0 aliphatic heterocycles. The van der Waals surface area contributed by atoms with Gasteiger partial charge in [0, 0.05) is 16.6 Å². The van der Waals surface area contributed by atoms with E-state index in [1.807, 2.05) is 0 Å². The summed E-state index contributed by atoms with van der Waals surface area (Å²) in [6.45, 7) is 22.7. The quantitative estimate of drug-likeness (QED) is 0.319. The van der Waals surface area contributed by atoms with Gasteiger partial charge in [0.05, 0.1) is 0 Å². The van der Waals surface area contributed by atoms with Crippen LogP contribution in [0, 0.1) is 28.6 Å². The monoisotopic (exact) mass is 484 g/mol. The average Bonchev–Trinajstić information content (AvgIpc) is 2.71. The van der Waals surface area contributed by atoms with Crippen molar-refractivity contribution < 1.29 is 0 Å². The summed E-state index contributed by atoms with van der Waals surface area (Å²) in [6.07, 6.45) is 10.2. The first kappa shape index (κ1) is 26.5. The molecule has 4 aliphatic rings. The lowest BCUT2D eigenvalue weighted by Crippen LogP contribution is -2.55. The summed E-state index contributed by atoms with van der Waals surface area (Å²) in [4.78, 5) is 14.9. The summed E-state index contributed by atoms with van der Waals surface area (Å²) in [5.41, 5.74) is -0.0114. The highest BCUT2D eigenvalue weighted by Gasteiger charge is 2.51. The number of anilines is 3. The normalized spacial score (nSPS) is 28.8. The van der Waals surface area contributed by atoms with E-state index in [1.165, 1.54) is 38.5 Å². The van der Waals surface area contributed by atoms with Gasteiger partial charge in [-0.2, -0.15) is 15.0 Å². The van der Waals surface area contributed by atoms with Crippen molar-refractivity contribution in [3.63, 3.8) is 0 Å². The molecule has 4 fully saturated rings. The lowest BCUT2D eigenvalue weighted by atomic mass is 9.53. The van der Waals surface area contributed by atoms with E-state index in [0.717, 1.165) is 36.5 Å². The van der Waals surface area contributed by atoms with E-state index >= 15 is 0 Å². The number of hydrogen-bond acceptors (Lipinski definition) is 6. The van der Waals surface area contributed by atoms with Crippen LogP contribution in [0.5, 0.6) is 0 Å². The zero-order valence-corrected chi connectivity index (χ0v) is 24.2. The number of nitrogens with zero attached hydrogens (tertiary/aromatic N) is 3. The zero-order chi connectivity index (χ0) is 25.9. The summed E-state index contributed by atoms with van der Waals surface area (Å²) in [5, 5.41) is 11.3. The van der Waals surface area contributed by atoms with E-state index in [2.05, 4.69) is 85.2 Å². The van der Waals surface area contributed by atoms with Crippen LogP contribution in [0.3, 0.4) is 0 Å². The fourth-order valence-electron chi connectivity index (χ4n) is 6.83. The predicted molar refractivity (Wildman–Crippen MR) is 148 cm³/mol. The Kier molecular flexibility index (Phi) is 6.63. The Morgan fingerprint density at radius 1 is 0.629 bits per heavy atom. The molecule has 6 nitrogen and oxygen atoms in total. The molecule has 0 unspecified atom stereocenters. The van der Waals surface area contributed by atoms with Gasteiger partial charge in [-0.05, 0) is 108 Å². The van der Waals surface area contributed by atoms with Crippen LogP contribution in [0.4, 0.5) is 17.8 Å². The molecular weight excluding hydrogens is 432 g/mol. The second-order valence-corrected chi connectivity index (χ2v) is 14.6. The van der Waals surface area contributed by atoms with Crippen LogP contribution in [-0.4, -0.2) is 31.6 Å². The Labute approximate surface area is 214 Å². The minimum atomic E-state index is -0.170. The third-order valence-electron chi connectivity index (χ3n) is 11.1. The van der Waals surface area contributed by atoms with Crippen LogP contribution in [-0.2, 0) is 0 Å². The lowest BCUT2D eigenvalue weighted by Gasteiger charge is -2.56. The van der Waals surface area contributed by atoms with Gasteiger partial charge in [-0.15, -0.1) is 0 Å². The molecule has 5 rings (SSSR count). The van der Waals surface area contributed by atoms with E-state index in [9.17, 15) is 0 Å². The smallest absolute Gasteiger partial charge is 0.229 e. The van der Waals surface area contributed by atoms with Crippen LogP contribution in [0.15, 0.2) is 0 Å². The molecule has 0 saturated heterocycles. The Bertz CT molecular complexity index is 832. The summed E-state index contributed by atoms with van der Waals surface area (Å²) < 4.78 is 0. The maximum atomic E-state index is 4.97. The summed E-state index contributed by atoms with van der Waals surface area (Å²) in [5.74, 6) is 4.66. The third kappa shape index (κ3) is 5.13. The van der Waals surface area contributed by atoms with E-state index < -0.39 is 0 Å². The van der Waals surface area contributed by atoms with E-state index in [0.29, 0.717) is 11.9 Å². The predicted octanol–water partition coefficient (Wildman–Crippen LogP) is 7.51. The molecule has 6 heteroatoms. The van der Waals surface area contributed by atoms with E-state index in [4.69, 9.17) is 15.0 Å². The SMILES string of the molecule is CCC(C)(C)C(C)(C)Nc1nc(NC23CC4CC(CC(C4)C2)C3)nc(NC(C)(C)C(C)(C)CC)n1. The van der Waals surface area contributed by atoms with Gasteiger partial charge < -0.3 is 16.0 Å². The molecule has 0 radical (unpaired) electrons. The first-order valence-electron chi connectivity index (χ1n) is 14.2. The second-order valence-electron chi connectivity index (χ2n) is 14.6. The lowest BCUT2D eigenvalue weighted by molar-refractivity contribution is 0.0103. The highest BCUT2D eigenvalue weighted by Crippen LogP contribution is 2.56. The number of rotatable bonds is 10. The molecule has 0 spiro atoms. The molecule has 4 saturated carbocycles. The Morgan fingerprint density at radius 3 is 1.31 bits per heavy atom. The van der Waals surface area contributed by atoms with Crippen LogP contribution < -0.4 is 16.0 Å². The Hall–Kier alpha value is -1.59. The van der Waals surface area contributed by atoms with Gasteiger partial charge in [-0.25, -0.2) is 0 Å². The molecule has 1 aromatic rings. The second kappa shape index (κ2) is 8.76. The van der Waals surface area contributed by atoms with Gasteiger partial charge in [0.1, 0.15) is 0 Å². The minimum Gasteiger partial charge on any atom is -0.349 e. The van der Waals surface area contributed by atoms with Gasteiger partial charge in [-0.3, -0.25) is 0 Å². The molecule has 4 bridgehead atoms. The molecule has 0 atom stereocenters. The third-order valence-corrected chi connectivity index (χ3v) is 11.1. The Balaban J connectivity index is 1.66. The molecule has 4 aliphatic carbocycles. The van der Waals surface area contributed by atoms with Crippen LogP contribution in [0.2, 0.25) is 0 Å². The maximum Gasteiger partial charge on any atom is 0.229 e. The van der Waals surface area contributed by atoms with Gasteiger partial charge in [-0.1, -0.05) is 41.5 Å². The molecule has 35 heavy (non-hydrogen) atoms. The summed E-state index contributed by atoms with van der Waals surface area (Å²) in [6, 6.07) is 0. The van der Waals surface area contributed by atoms with Crippen molar-refractivity contribution in [1.82, 2.24) is 15.0 Å². The van der Waals surface area contributed by atoms with Crippen molar-refractivity contribution in [2.75, 3.05) is 16.0 Å². The highest BCUT2D eigenvalue weighted by atomic mass is 15.3. The highest BCUT2D eigenvalue weighted by molar-refractivity contribution is 5.46. The van der Waals surface area contributed by atoms with Crippen LogP contribution in [0.25, 0.3) is 0 Å². The average molecular weight is 485 g/mol. The van der Waals surface area contributed by atoms with Crippen molar-refractivity contribution in [1.29, 1.82) is 0 Å². The molecule has 0 amide bonds. The van der Waals surface area contributed by atoms with E-state index in [-0.39, 0.29) is 27.4 Å². The van der Waals surface area contributed by atoms with Gasteiger partial charge in [0.15, 0.2) is 0 Å². The first-order chi connectivity index (χ1) is 16.1. The number of aromatic nitrogens is 3.